The number of rotatable bonds is 4. The quantitative estimate of drug-likeness (QED) is 0.828. The fourth-order valence-electron chi connectivity index (χ4n) is 0.975. The predicted octanol–water partition coefficient (Wildman–Crippen LogP) is 2.83. The molecule has 1 rings (SSSR count). The van der Waals surface area contributed by atoms with Gasteiger partial charge in [-0.1, -0.05) is 17.7 Å². The second-order valence-corrected chi connectivity index (χ2v) is 3.18. The number of alkyl halides is 2. The number of benzene rings is 1. The lowest BCUT2D eigenvalue weighted by atomic mass is 10.2. The molecule has 5 heteroatoms. The van der Waals surface area contributed by atoms with Gasteiger partial charge in [0.25, 0.3) is 6.43 Å². The van der Waals surface area contributed by atoms with Crippen LogP contribution < -0.4 is 5.32 Å². The molecule has 0 saturated heterocycles. The van der Waals surface area contributed by atoms with Crippen LogP contribution in [0.3, 0.4) is 0 Å². The van der Waals surface area contributed by atoms with Gasteiger partial charge in [-0.2, -0.15) is 0 Å². The largest absolute Gasteiger partial charge is 0.307 e. The van der Waals surface area contributed by atoms with Crippen molar-refractivity contribution >= 4 is 11.6 Å². The number of hydrogen-bond donors (Lipinski definition) is 1. The molecular formula is C9H9ClF3N. The lowest BCUT2D eigenvalue weighted by molar-refractivity contribution is 0.145. The molecule has 14 heavy (non-hydrogen) atoms. The zero-order valence-corrected chi connectivity index (χ0v) is 7.99. The van der Waals surface area contributed by atoms with Gasteiger partial charge in [-0.25, -0.2) is 13.2 Å². The summed E-state index contributed by atoms with van der Waals surface area (Å²) < 4.78 is 36.1. The third-order valence-electron chi connectivity index (χ3n) is 1.61. The maximum atomic E-state index is 12.7. The number of halogens is 4. The van der Waals surface area contributed by atoms with Crippen molar-refractivity contribution in [3.8, 4) is 0 Å². The van der Waals surface area contributed by atoms with Gasteiger partial charge < -0.3 is 5.32 Å². The Morgan fingerprint density at radius 1 is 1.36 bits per heavy atom. The highest BCUT2D eigenvalue weighted by molar-refractivity contribution is 6.30. The Bertz CT molecular complexity index is 304. The van der Waals surface area contributed by atoms with E-state index in [9.17, 15) is 13.2 Å². The van der Waals surface area contributed by atoms with Gasteiger partial charge in [-0.15, -0.1) is 0 Å². The van der Waals surface area contributed by atoms with E-state index in [0.717, 1.165) is 0 Å². The second kappa shape index (κ2) is 5.22. The molecule has 0 radical (unpaired) electrons. The van der Waals surface area contributed by atoms with Crippen LogP contribution in [0.4, 0.5) is 13.2 Å². The maximum Gasteiger partial charge on any atom is 0.250 e. The second-order valence-electron chi connectivity index (χ2n) is 2.77. The Labute approximate surface area is 84.9 Å². The van der Waals surface area contributed by atoms with Crippen LogP contribution in [0, 0.1) is 5.82 Å². The summed E-state index contributed by atoms with van der Waals surface area (Å²) in [4.78, 5) is 0. The van der Waals surface area contributed by atoms with Crippen LogP contribution in [0.25, 0.3) is 0 Å². The molecular weight excluding hydrogens is 215 g/mol. The third kappa shape index (κ3) is 3.55. The number of nitrogens with one attached hydrogen (secondary N) is 1. The van der Waals surface area contributed by atoms with E-state index < -0.39 is 12.2 Å². The zero-order valence-electron chi connectivity index (χ0n) is 7.24. The fourth-order valence-corrected chi connectivity index (χ4v) is 1.18. The SMILES string of the molecule is Fc1ccc(CNCC(F)F)cc1Cl. The first kappa shape index (κ1) is 11.3. The van der Waals surface area contributed by atoms with E-state index in [-0.39, 0.29) is 18.1 Å². The van der Waals surface area contributed by atoms with E-state index in [2.05, 4.69) is 5.32 Å². The first-order valence-corrected chi connectivity index (χ1v) is 4.40. The van der Waals surface area contributed by atoms with E-state index in [4.69, 9.17) is 11.6 Å². The number of hydrogen-bond acceptors (Lipinski definition) is 1. The molecule has 1 N–H and O–H groups in total. The molecule has 0 atom stereocenters. The van der Waals surface area contributed by atoms with Gasteiger partial charge in [-0.3, -0.25) is 0 Å². The predicted molar refractivity (Wildman–Crippen MR) is 49.1 cm³/mol. The summed E-state index contributed by atoms with van der Waals surface area (Å²) in [6, 6.07) is 4.12. The molecule has 78 valence electrons. The minimum atomic E-state index is -2.38. The molecule has 1 nitrogen and oxygen atoms in total. The monoisotopic (exact) mass is 223 g/mol. The van der Waals surface area contributed by atoms with Crippen molar-refractivity contribution in [1.82, 2.24) is 5.32 Å². The summed E-state index contributed by atoms with van der Waals surface area (Å²) in [5.74, 6) is -0.510. The first-order valence-electron chi connectivity index (χ1n) is 4.02. The molecule has 1 aromatic carbocycles. The smallest absolute Gasteiger partial charge is 0.250 e. The van der Waals surface area contributed by atoms with E-state index >= 15 is 0 Å². The van der Waals surface area contributed by atoms with Crippen molar-refractivity contribution in [2.24, 2.45) is 0 Å². The Hall–Kier alpha value is -0.740. The van der Waals surface area contributed by atoms with E-state index in [1.165, 1.54) is 18.2 Å². The minimum Gasteiger partial charge on any atom is -0.307 e. The van der Waals surface area contributed by atoms with Gasteiger partial charge in [0.2, 0.25) is 0 Å². The molecule has 0 aromatic heterocycles. The first-order chi connectivity index (χ1) is 6.59. The summed E-state index contributed by atoms with van der Waals surface area (Å²) in [6.45, 7) is -0.126. The summed E-state index contributed by atoms with van der Waals surface area (Å²) in [5.41, 5.74) is 0.678. The van der Waals surface area contributed by atoms with Gasteiger partial charge >= 0.3 is 0 Å². The molecule has 1 aromatic rings. The highest BCUT2D eigenvalue weighted by Gasteiger charge is 2.03. The van der Waals surface area contributed by atoms with Crippen molar-refractivity contribution in [2.75, 3.05) is 6.54 Å². The van der Waals surface area contributed by atoms with Crippen LogP contribution in [0.1, 0.15) is 5.56 Å². The van der Waals surface area contributed by atoms with Gasteiger partial charge in [0.05, 0.1) is 11.6 Å². The lowest BCUT2D eigenvalue weighted by Crippen LogP contribution is -2.20. The molecule has 0 bridgehead atoms. The van der Waals surface area contributed by atoms with Gasteiger partial charge in [0.1, 0.15) is 5.82 Å². The van der Waals surface area contributed by atoms with Crippen LogP contribution in [0.5, 0.6) is 0 Å². The molecule has 0 aliphatic heterocycles. The van der Waals surface area contributed by atoms with E-state index in [1.54, 1.807) is 0 Å². The van der Waals surface area contributed by atoms with Crippen molar-refractivity contribution < 1.29 is 13.2 Å². The Kier molecular flexibility index (Phi) is 4.22. The summed E-state index contributed by atoms with van der Waals surface area (Å²) in [5, 5.41) is 2.52. The van der Waals surface area contributed by atoms with Crippen LogP contribution in [-0.4, -0.2) is 13.0 Å². The molecule has 0 amide bonds. The molecule has 0 unspecified atom stereocenters. The lowest BCUT2D eigenvalue weighted by Gasteiger charge is -2.04. The highest BCUT2D eigenvalue weighted by Crippen LogP contribution is 2.15. The van der Waals surface area contributed by atoms with Crippen LogP contribution in [-0.2, 0) is 6.54 Å². The van der Waals surface area contributed by atoms with Crippen molar-refractivity contribution in [3.05, 3.63) is 34.6 Å². The van der Waals surface area contributed by atoms with Gasteiger partial charge in [0.15, 0.2) is 0 Å². The Balaban J connectivity index is 2.47. The standard InChI is InChI=1S/C9H9ClF3N/c10-7-3-6(1-2-8(7)11)4-14-5-9(12)13/h1-3,9,14H,4-5H2. The normalized spacial score (nSPS) is 10.9. The molecule has 0 heterocycles. The van der Waals surface area contributed by atoms with E-state index in [1.807, 2.05) is 0 Å². The molecule has 0 fully saturated rings. The van der Waals surface area contributed by atoms with Crippen LogP contribution in [0.15, 0.2) is 18.2 Å². The van der Waals surface area contributed by atoms with E-state index in [0.29, 0.717) is 5.56 Å². The van der Waals surface area contributed by atoms with Crippen molar-refractivity contribution in [1.29, 1.82) is 0 Å². The van der Waals surface area contributed by atoms with Crippen molar-refractivity contribution in [3.63, 3.8) is 0 Å². The summed E-state index contributed by atoms with van der Waals surface area (Å²) in [6.07, 6.45) is -2.38. The summed E-state index contributed by atoms with van der Waals surface area (Å²) in [7, 11) is 0. The van der Waals surface area contributed by atoms with Crippen LogP contribution in [0.2, 0.25) is 5.02 Å². The highest BCUT2D eigenvalue weighted by atomic mass is 35.5. The minimum absolute atomic E-state index is 0.00125. The van der Waals surface area contributed by atoms with Crippen molar-refractivity contribution in [2.45, 2.75) is 13.0 Å². The maximum absolute atomic E-state index is 12.7. The van der Waals surface area contributed by atoms with Gasteiger partial charge in [-0.05, 0) is 17.7 Å². The molecule has 0 saturated carbocycles. The molecule has 0 spiro atoms. The average molecular weight is 224 g/mol. The van der Waals surface area contributed by atoms with Crippen LogP contribution >= 0.6 is 11.6 Å². The Morgan fingerprint density at radius 2 is 2.07 bits per heavy atom. The fraction of sp³-hybridized carbons (Fsp3) is 0.333. The zero-order chi connectivity index (χ0) is 10.6. The Morgan fingerprint density at radius 3 is 2.64 bits per heavy atom. The average Bonchev–Trinajstić information content (AvgIpc) is 2.10. The summed E-state index contributed by atoms with van der Waals surface area (Å²) >= 11 is 5.50. The molecule has 0 aliphatic rings. The molecule has 0 aliphatic carbocycles. The topological polar surface area (TPSA) is 12.0 Å². The third-order valence-corrected chi connectivity index (χ3v) is 1.90. The van der Waals surface area contributed by atoms with Gasteiger partial charge in [0, 0.05) is 6.54 Å².